The second-order valence-electron chi connectivity index (χ2n) is 7.45. The molecule has 0 radical (unpaired) electrons. The highest BCUT2D eigenvalue weighted by molar-refractivity contribution is 6.42. The van der Waals surface area contributed by atoms with Gasteiger partial charge in [-0.25, -0.2) is 0 Å². The molecule has 0 amide bonds. The van der Waals surface area contributed by atoms with E-state index in [2.05, 4.69) is 28.2 Å². The summed E-state index contributed by atoms with van der Waals surface area (Å²) in [5.41, 5.74) is 12.4. The Labute approximate surface area is 197 Å². The lowest BCUT2D eigenvalue weighted by molar-refractivity contribution is 0.224. The molecule has 2 heterocycles. The van der Waals surface area contributed by atoms with Crippen molar-refractivity contribution >= 4 is 23.2 Å². The fourth-order valence-electron chi connectivity index (χ4n) is 3.28. The number of hydrogen-bond donors (Lipinski definition) is 6. The van der Waals surface area contributed by atoms with E-state index in [4.69, 9.17) is 39.4 Å². The Balaban J connectivity index is 0.00000113. The normalized spacial score (nSPS) is 28.0. The van der Waals surface area contributed by atoms with Gasteiger partial charge in [0.25, 0.3) is 0 Å². The highest BCUT2D eigenvalue weighted by atomic mass is 35.5. The monoisotopic (exact) mass is 474 g/mol. The van der Waals surface area contributed by atoms with Gasteiger partial charge in [-0.2, -0.15) is 0 Å². The minimum atomic E-state index is -0.380. The number of nitrogens with two attached hydrogens (primary N) is 2. The first kappa shape index (κ1) is 27.8. The maximum atomic E-state index is 6.26. The molecule has 0 bridgehead atoms. The first-order valence-corrected chi connectivity index (χ1v) is 12.0. The lowest BCUT2D eigenvalue weighted by atomic mass is 9.90. The van der Waals surface area contributed by atoms with E-state index in [1.165, 1.54) is 0 Å². The summed E-state index contributed by atoms with van der Waals surface area (Å²) in [5.74, 6) is 0.948. The van der Waals surface area contributed by atoms with Crippen molar-refractivity contribution in [3.63, 3.8) is 0 Å². The maximum Gasteiger partial charge on any atom is 0.210 e. The van der Waals surface area contributed by atoms with Crippen LogP contribution in [0, 0.1) is 0 Å². The van der Waals surface area contributed by atoms with Gasteiger partial charge in [-0.1, -0.05) is 57.0 Å². The molecule has 3 rings (SSSR count). The lowest BCUT2D eigenvalue weighted by Gasteiger charge is -2.37. The molecule has 9 heteroatoms. The summed E-state index contributed by atoms with van der Waals surface area (Å²) in [6.45, 7) is 11.0. The van der Waals surface area contributed by atoms with E-state index >= 15 is 0 Å². The van der Waals surface area contributed by atoms with Crippen LogP contribution < -0.4 is 37.5 Å². The highest BCUT2D eigenvalue weighted by Crippen LogP contribution is 2.32. The molecule has 2 aliphatic heterocycles. The summed E-state index contributed by atoms with van der Waals surface area (Å²) in [6, 6.07) is 5.23. The molecule has 0 spiro atoms. The molecule has 1 fully saturated rings. The third-order valence-electron chi connectivity index (χ3n) is 4.91. The van der Waals surface area contributed by atoms with Crippen molar-refractivity contribution in [2.24, 2.45) is 11.5 Å². The zero-order valence-corrected chi connectivity index (χ0v) is 20.9. The van der Waals surface area contributed by atoms with E-state index in [0.29, 0.717) is 21.7 Å². The van der Waals surface area contributed by atoms with Gasteiger partial charge >= 0.3 is 0 Å². The van der Waals surface area contributed by atoms with Crippen molar-refractivity contribution in [3.8, 4) is 5.75 Å². The average molecular weight is 476 g/mol. The summed E-state index contributed by atoms with van der Waals surface area (Å²) in [7, 11) is 0. The predicted octanol–water partition coefficient (Wildman–Crippen LogP) is 3.82. The quantitative estimate of drug-likeness (QED) is 0.393. The van der Waals surface area contributed by atoms with E-state index in [9.17, 15) is 0 Å². The van der Waals surface area contributed by atoms with Crippen LogP contribution in [0.2, 0.25) is 10.0 Å². The van der Waals surface area contributed by atoms with Crippen molar-refractivity contribution in [3.05, 3.63) is 40.3 Å². The maximum absolute atomic E-state index is 6.26. The zero-order valence-electron chi connectivity index (χ0n) is 19.4. The van der Waals surface area contributed by atoms with Crippen LogP contribution in [0.4, 0.5) is 0 Å². The predicted molar refractivity (Wildman–Crippen MR) is 132 cm³/mol. The first-order valence-electron chi connectivity index (χ1n) is 11.2. The van der Waals surface area contributed by atoms with Gasteiger partial charge in [0.05, 0.1) is 17.4 Å². The van der Waals surface area contributed by atoms with Gasteiger partial charge in [-0.15, -0.1) is 0 Å². The number of hydrogen-bond acceptors (Lipinski definition) is 7. The Hall–Kier alpha value is -1.22. The van der Waals surface area contributed by atoms with Gasteiger partial charge in [-0.05, 0) is 51.3 Å². The summed E-state index contributed by atoms with van der Waals surface area (Å²) in [5, 5.41) is 14.2. The Morgan fingerprint density at radius 2 is 1.87 bits per heavy atom. The molecule has 178 valence electrons. The smallest absolute Gasteiger partial charge is 0.210 e. The molecule has 1 aromatic rings. The van der Waals surface area contributed by atoms with Gasteiger partial charge in [0, 0.05) is 5.54 Å². The number of ether oxygens (including phenoxy) is 1. The number of nitrogens with one attached hydrogen (secondary N) is 4. The van der Waals surface area contributed by atoms with Crippen LogP contribution in [0.15, 0.2) is 30.3 Å². The van der Waals surface area contributed by atoms with Crippen LogP contribution in [0.25, 0.3) is 0 Å². The molecule has 4 unspecified atom stereocenters. The molecule has 31 heavy (non-hydrogen) atoms. The summed E-state index contributed by atoms with van der Waals surface area (Å²) >= 11 is 12.2. The Morgan fingerprint density at radius 1 is 1.16 bits per heavy atom. The van der Waals surface area contributed by atoms with Crippen LogP contribution >= 0.6 is 23.2 Å². The van der Waals surface area contributed by atoms with Crippen molar-refractivity contribution < 1.29 is 4.74 Å². The average Bonchev–Trinajstić information content (AvgIpc) is 2.74. The molecule has 0 saturated carbocycles. The van der Waals surface area contributed by atoms with Crippen molar-refractivity contribution in [1.82, 2.24) is 21.3 Å². The number of halogens is 2. The van der Waals surface area contributed by atoms with E-state index in [0.717, 1.165) is 32.2 Å². The molecular weight excluding hydrogens is 435 g/mol. The Kier molecular flexibility index (Phi) is 12.6. The van der Waals surface area contributed by atoms with Crippen LogP contribution in [0.3, 0.4) is 0 Å². The topological polar surface area (TPSA) is 109 Å². The largest absolute Gasteiger partial charge is 0.438 e. The molecule has 8 N–H and O–H groups in total. The molecule has 1 aromatic carbocycles. The van der Waals surface area contributed by atoms with Gasteiger partial charge < -0.3 is 32.2 Å². The fourth-order valence-corrected chi connectivity index (χ4v) is 3.61. The summed E-state index contributed by atoms with van der Waals surface area (Å²) in [4.78, 5) is 0. The molecule has 2 aliphatic rings. The number of benzene rings is 1. The SMILES string of the molecule is CC.CC.CC1(N)CCCC(NC2NC=C(Oc3cccc(Cl)c3Cl)NC2N)NCC1. The van der Waals surface area contributed by atoms with E-state index in [1.54, 1.807) is 24.4 Å². The standard InChI is InChI=1S/C18H28Cl2N6O.2C2H6/c1-18(22)7-3-6-13(23-9-8-18)25-17-16(21)26-14(10-24-17)27-12-5-2-4-11(19)15(12)20;2*1-2/h2,4-5,10,13,16-17,23-26H,3,6-9,21-22H2,1H3;2*1-2H3. The van der Waals surface area contributed by atoms with Gasteiger partial charge in [0.1, 0.15) is 23.1 Å². The molecule has 0 aromatic heterocycles. The third kappa shape index (κ3) is 9.04. The van der Waals surface area contributed by atoms with Crippen molar-refractivity contribution in [2.75, 3.05) is 6.54 Å². The molecular formula is C22H40Cl2N6O. The minimum Gasteiger partial charge on any atom is -0.438 e. The number of rotatable bonds is 4. The van der Waals surface area contributed by atoms with Gasteiger partial charge in [-0.3, -0.25) is 5.32 Å². The minimum absolute atomic E-state index is 0.0877. The summed E-state index contributed by atoms with van der Waals surface area (Å²) in [6.07, 6.45) is 5.40. The third-order valence-corrected chi connectivity index (χ3v) is 5.71. The fraction of sp³-hybridized carbons (Fsp3) is 0.636. The zero-order chi connectivity index (χ0) is 23.4. The molecule has 0 aliphatic carbocycles. The van der Waals surface area contributed by atoms with E-state index in [-0.39, 0.29) is 24.0 Å². The van der Waals surface area contributed by atoms with Gasteiger partial charge in [0.2, 0.25) is 5.88 Å². The van der Waals surface area contributed by atoms with Crippen LogP contribution in [0.5, 0.6) is 5.75 Å². The Bertz CT molecular complexity index is 674. The lowest BCUT2D eigenvalue weighted by Crippen LogP contribution is -2.66. The van der Waals surface area contributed by atoms with Crippen LogP contribution in [-0.2, 0) is 0 Å². The van der Waals surface area contributed by atoms with Crippen molar-refractivity contribution in [1.29, 1.82) is 0 Å². The highest BCUT2D eigenvalue weighted by Gasteiger charge is 2.27. The van der Waals surface area contributed by atoms with Crippen LogP contribution in [0.1, 0.15) is 60.3 Å². The summed E-state index contributed by atoms with van der Waals surface area (Å²) < 4.78 is 5.77. The second kappa shape index (κ2) is 14.0. The molecule has 7 nitrogen and oxygen atoms in total. The Morgan fingerprint density at radius 3 is 2.55 bits per heavy atom. The molecule has 1 saturated heterocycles. The van der Waals surface area contributed by atoms with E-state index < -0.39 is 0 Å². The van der Waals surface area contributed by atoms with Gasteiger partial charge in [0.15, 0.2) is 0 Å². The van der Waals surface area contributed by atoms with Crippen molar-refractivity contribution in [2.45, 2.75) is 84.3 Å². The van der Waals surface area contributed by atoms with E-state index in [1.807, 2.05) is 27.7 Å². The second-order valence-corrected chi connectivity index (χ2v) is 8.23. The van der Waals surface area contributed by atoms with Crippen LogP contribution in [-0.4, -0.2) is 30.6 Å². The molecule has 4 atom stereocenters. The first-order chi connectivity index (χ1) is 14.8.